The molecule has 3 aromatic rings. The molecule has 1 saturated carbocycles. The van der Waals surface area contributed by atoms with Gasteiger partial charge >= 0.3 is 0 Å². The number of hydrogen-bond donors (Lipinski definition) is 1. The van der Waals surface area contributed by atoms with Gasteiger partial charge in [-0.2, -0.15) is 0 Å². The van der Waals surface area contributed by atoms with E-state index in [0.717, 1.165) is 24.3 Å². The van der Waals surface area contributed by atoms with E-state index < -0.39 is 63.7 Å². The van der Waals surface area contributed by atoms with Gasteiger partial charge < -0.3 is 5.32 Å². The summed E-state index contributed by atoms with van der Waals surface area (Å²) in [4.78, 5) is 25.6. The monoisotopic (exact) mass is 561 g/mol. The summed E-state index contributed by atoms with van der Waals surface area (Å²) in [5.41, 5.74) is -0.504. The number of halogens is 8. The van der Waals surface area contributed by atoms with Gasteiger partial charge in [-0.05, 0) is 41.5 Å². The number of alkyl halides is 4. The molecule has 2 atom stereocenters. The number of benzene rings is 3. The van der Waals surface area contributed by atoms with Crippen LogP contribution in [-0.2, 0) is 11.2 Å². The summed E-state index contributed by atoms with van der Waals surface area (Å²) in [6.45, 7) is 0. The second-order valence-electron chi connectivity index (χ2n) is 8.23. The summed E-state index contributed by atoms with van der Waals surface area (Å²) in [6, 6.07) is 9.87. The molecule has 0 heterocycles. The molecule has 0 spiro atoms. The summed E-state index contributed by atoms with van der Waals surface area (Å²) in [5.74, 6) is -5.96. The molecule has 188 valence electrons. The highest BCUT2D eigenvalue weighted by Crippen LogP contribution is 2.65. The lowest BCUT2D eigenvalue weighted by Gasteiger charge is -2.10. The van der Waals surface area contributed by atoms with Crippen LogP contribution in [0.2, 0.25) is 5.02 Å². The molecule has 0 saturated heterocycles. The van der Waals surface area contributed by atoms with Crippen molar-refractivity contribution in [1.82, 2.24) is 0 Å². The molecule has 36 heavy (non-hydrogen) atoms. The highest BCUT2D eigenvalue weighted by molar-refractivity contribution is 6.53. The van der Waals surface area contributed by atoms with Crippen LogP contribution in [0.3, 0.4) is 0 Å². The third-order valence-corrected chi connectivity index (χ3v) is 7.13. The summed E-state index contributed by atoms with van der Waals surface area (Å²) < 4.78 is 65.1. The highest BCUT2D eigenvalue weighted by Gasteiger charge is 2.67. The van der Waals surface area contributed by atoms with E-state index in [1.54, 1.807) is 0 Å². The Kier molecular flexibility index (Phi) is 7.33. The van der Waals surface area contributed by atoms with Crippen molar-refractivity contribution in [1.29, 1.82) is 0 Å². The molecule has 2 unspecified atom stereocenters. The van der Waals surface area contributed by atoms with Gasteiger partial charge in [-0.25, -0.2) is 22.0 Å². The van der Waals surface area contributed by atoms with Crippen molar-refractivity contribution in [2.75, 3.05) is 5.32 Å². The van der Waals surface area contributed by atoms with Crippen LogP contribution in [0.25, 0.3) is 0 Å². The molecule has 1 aliphatic carbocycles. The van der Waals surface area contributed by atoms with Crippen LogP contribution in [0, 0.1) is 23.4 Å². The first-order valence-corrected chi connectivity index (χ1v) is 11.6. The summed E-state index contributed by atoms with van der Waals surface area (Å²) in [6.07, 6.45) is -3.41. The standard InChI is InChI=1S/C25H15Cl3F5NO2/c26-17-6-4-14(10-16(17)20(35)8-11-1-3-13(29)9-18(11)30)34-24(36)22-21(25(22,27)28)12-2-5-15(23(32)33)19(31)7-12/h1-7,9-10,21-23H,8H2,(H,34,36). The van der Waals surface area contributed by atoms with Gasteiger partial charge in [-0.3, -0.25) is 9.59 Å². The molecule has 0 radical (unpaired) electrons. The predicted molar refractivity (Wildman–Crippen MR) is 126 cm³/mol. The average Bonchev–Trinajstić information content (AvgIpc) is 3.38. The van der Waals surface area contributed by atoms with Crippen LogP contribution in [-0.4, -0.2) is 16.0 Å². The van der Waals surface area contributed by atoms with Gasteiger partial charge in [0.1, 0.15) is 21.8 Å². The van der Waals surface area contributed by atoms with Crippen LogP contribution in [0.5, 0.6) is 0 Å². The maximum Gasteiger partial charge on any atom is 0.266 e. The number of hydrogen-bond acceptors (Lipinski definition) is 2. The van der Waals surface area contributed by atoms with Gasteiger partial charge in [0.25, 0.3) is 6.43 Å². The van der Waals surface area contributed by atoms with Crippen molar-refractivity contribution < 1.29 is 31.5 Å². The van der Waals surface area contributed by atoms with E-state index in [1.165, 1.54) is 24.3 Å². The number of carbonyl (C=O) groups excluding carboxylic acids is 2. The van der Waals surface area contributed by atoms with E-state index in [2.05, 4.69) is 5.32 Å². The number of anilines is 1. The third kappa shape index (κ3) is 5.21. The van der Waals surface area contributed by atoms with Crippen molar-refractivity contribution in [2.24, 2.45) is 5.92 Å². The summed E-state index contributed by atoms with van der Waals surface area (Å²) in [5, 5.41) is 2.60. The Bertz CT molecular complexity index is 1370. The summed E-state index contributed by atoms with van der Waals surface area (Å²) in [7, 11) is 0. The molecule has 1 aliphatic rings. The molecular weight excluding hydrogens is 548 g/mol. The molecule has 4 rings (SSSR count). The van der Waals surface area contributed by atoms with E-state index in [9.17, 15) is 31.5 Å². The van der Waals surface area contributed by atoms with Gasteiger partial charge in [0.2, 0.25) is 5.91 Å². The molecule has 1 amide bonds. The first-order chi connectivity index (χ1) is 16.9. The molecule has 3 aromatic carbocycles. The zero-order valence-electron chi connectivity index (χ0n) is 18.0. The maximum atomic E-state index is 14.0. The fourth-order valence-corrected chi connectivity index (χ4v) is 5.00. The number of carbonyl (C=O) groups is 2. The molecule has 3 nitrogen and oxygen atoms in total. The van der Waals surface area contributed by atoms with E-state index in [-0.39, 0.29) is 27.4 Å². The molecule has 0 aromatic heterocycles. The van der Waals surface area contributed by atoms with Crippen LogP contribution < -0.4 is 5.32 Å². The van der Waals surface area contributed by atoms with Crippen molar-refractivity contribution >= 4 is 52.2 Å². The minimum atomic E-state index is -3.00. The van der Waals surface area contributed by atoms with E-state index >= 15 is 0 Å². The Morgan fingerprint density at radius 3 is 2.31 bits per heavy atom. The lowest BCUT2D eigenvalue weighted by atomic mass is 10.0. The molecule has 0 aliphatic heterocycles. The Morgan fingerprint density at radius 1 is 0.944 bits per heavy atom. The van der Waals surface area contributed by atoms with Crippen molar-refractivity contribution in [2.45, 2.75) is 23.1 Å². The van der Waals surface area contributed by atoms with E-state index in [1.807, 2.05) is 0 Å². The smallest absolute Gasteiger partial charge is 0.266 e. The first-order valence-electron chi connectivity index (χ1n) is 10.4. The number of Topliss-reactive ketones (excluding diaryl/α,β-unsaturated/α-hetero) is 1. The quantitative estimate of drug-likeness (QED) is 0.183. The van der Waals surface area contributed by atoms with Crippen molar-refractivity contribution in [3.63, 3.8) is 0 Å². The Hall–Kier alpha value is -2.68. The lowest BCUT2D eigenvalue weighted by molar-refractivity contribution is -0.117. The van der Waals surface area contributed by atoms with Gasteiger partial charge in [-0.1, -0.05) is 29.8 Å². The largest absolute Gasteiger partial charge is 0.326 e. The van der Waals surface area contributed by atoms with Gasteiger partial charge in [0, 0.05) is 29.7 Å². The molecule has 1 N–H and O–H groups in total. The number of ketones is 1. The minimum absolute atomic E-state index is 0.0155. The summed E-state index contributed by atoms with van der Waals surface area (Å²) >= 11 is 18.6. The van der Waals surface area contributed by atoms with Gasteiger partial charge in [0.05, 0.1) is 16.5 Å². The number of rotatable bonds is 7. The van der Waals surface area contributed by atoms with E-state index in [0.29, 0.717) is 6.07 Å². The van der Waals surface area contributed by atoms with Gasteiger partial charge in [0.15, 0.2) is 5.78 Å². The third-order valence-electron chi connectivity index (χ3n) is 5.86. The SMILES string of the molecule is O=C(Cc1ccc(F)cc1F)c1cc(NC(=O)C2C(c3ccc(C(F)F)c(F)c3)C2(Cl)Cl)ccc1Cl. The second-order valence-corrected chi connectivity index (χ2v) is 10.1. The normalized spacial score (nSPS) is 18.2. The van der Waals surface area contributed by atoms with Crippen LogP contribution in [0.15, 0.2) is 54.6 Å². The second kappa shape index (κ2) is 10.00. The first kappa shape index (κ1) is 26.4. The highest BCUT2D eigenvalue weighted by atomic mass is 35.5. The van der Waals surface area contributed by atoms with Crippen LogP contribution >= 0.6 is 34.8 Å². The predicted octanol–water partition coefficient (Wildman–Crippen LogP) is 7.65. The van der Waals surface area contributed by atoms with Crippen molar-refractivity contribution in [3.8, 4) is 0 Å². The van der Waals surface area contributed by atoms with Crippen molar-refractivity contribution in [3.05, 3.63) is 99.3 Å². The molecular formula is C25H15Cl3F5NO2. The molecule has 1 fully saturated rings. The van der Waals surface area contributed by atoms with Crippen LogP contribution in [0.1, 0.15) is 39.4 Å². The van der Waals surface area contributed by atoms with Crippen LogP contribution in [0.4, 0.5) is 27.6 Å². The zero-order chi connectivity index (χ0) is 26.4. The van der Waals surface area contributed by atoms with E-state index in [4.69, 9.17) is 34.8 Å². The topological polar surface area (TPSA) is 46.2 Å². The number of nitrogens with one attached hydrogen (secondary N) is 1. The maximum absolute atomic E-state index is 14.0. The minimum Gasteiger partial charge on any atom is -0.326 e. The number of amides is 1. The lowest BCUT2D eigenvalue weighted by Crippen LogP contribution is -2.17. The fourth-order valence-electron chi connectivity index (χ4n) is 3.95. The fraction of sp³-hybridized carbons (Fsp3) is 0.200. The van der Waals surface area contributed by atoms with Gasteiger partial charge in [-0.15, -0.1) is 23.2 Å². The Labute approximate surface area is 217 Å². The Balaban J connectivity index is 1.50. The zero-order valence-corrected chi connectivity index (χ0v) is 20.2. The molecule has 0 bridgehead atoms. The Morgan fingerprint density at radius 2 is 1.67 bits per heavy atom. The average molecular weight is 563 g/mol. The molecule has 11 heteroatoms.